The molecule has 4 nitrogen and oxygen atoms in total. The van der Waals surface area contributed by atoms with E-state index in [9.17, 15) is 8.42 Å². The summed E-state index contributed by atoms with van der Waals surface area (Å²) in [7, 11) is -3.11. The minimum Gasteiger partial charge on any atom is -0.379 e. The molecular formula is C9H20BrNO3S. The highest BCUT2D eigenvalue weighted by Crippen LogP contribution is 2.01. The zero-order chi connectivity index (χ0) is 11.7. The van der Waals surface area contributed by atoms with E-state index in [1.54, 1.807) is 0 Å². The van der Waals surface area contributed by atoms with Crippen LogP contribution in [0.5, 0.6) is 0 Å². The maximum absolute atomic E-state index is 11.4. The Bertz CT molecular complexity index is 242. The Balaban J connectivity index is 3.56. The molecule has 92 valence electrons. The number of hydrogen-bond donors (Lipinski definition) is 1. The second-order valence-electron chi connectivity index (χ2n) is 3.70. The molecule has 0 amide bonds. The van der Waals surface area contributed by atoms with Crippen LogP contribution >= 0.6 is 15.9 Å². The van der Waals surface area contributed by atoms with Crippen molar-refractivity contribution in [2.45, 2.75) is 20.3 Å². The fourth-order valence-corrected chi connectivity index (χ4v) is 2.44. The summed E-state index contributed by atoms with van der Waals surface area (Å²) in [4.78, 5) is 0. The Morgan fingerprint density at radius 2 is 2.00 bits per heavy atom. The molecular weight excluding hydrogens is 282 g/mol. The average molecular weight is 302 g/mol. The average Bonchev–Trinajstić information content (AvgIpc) is 2.15. The third kappa shape index (κ3) is 10.6. The molecule has 0 spiro atoms. The number of nitrogens with one attached hydrogen (secondary N) is 1. The first kappa shape index (κ1) is 15.3. The van der Waals surface area contributed by atoms with Crippen LogP contribution in [0.25, 0.3) is 0 Å². The van der Waals surface area contributed by atoms with Gasteiger partial charge in [0.25, 0.3) is 0 Å². The number of rotatable bonds is 9. The molecule has 0 rings (SSSR count). The van der Waals surface area contributed by atoms with E-state index in [0.29, 0.717) is 32.1 Å². The highest BCUT2D eigenvalue weighted by atomic mass is 79.9. The lowest BCUT2D eigenvalue weighted by Crippen LogP contribution is -2.30. The van der Waals surface area contributed by atoms with Crippen LogP contribution in [0, 0.1) is 5.92 Å². The standard InChI is InChI=1S/C9H20BrNO3S/c1-9(2)3-8-15(12,13)11-5-7-14-6-4-10/h9,11H,3-8H2,1-2H3. The molecule has 0 radical (unpaired) electrons. The largest absolute Gasteiger partial charge is 0.379 e. The van der Waals surface area contributed by atoms with Gasteiger partial charge in [-0.2, -0.15) is 0 Å². The number of alkyl halides is 1. The van der Waals surface area contributed by atoms with E-state index < -0.39 is 10.0 Å². The summed E-state index contributed by atoms with van der Waals surface area (Å²) < 4.78 is 30.4. The maximum atomic E-state index is 11.4. The number of hydrogen-bond acceptors (Lipinski definition) is 3. The van der Waals surface area contributed by atoms with Crippen molar-refractivity contribution in [3.05, 3.63) is 0 Å². The van der Waals surface area contributed by atoms with E-state index in [-0.39, 0.29) is 5.75 Å². The van der Waals surface area contributed by atoms with Crippen molar-refractivity contribution in [1.29, 1.82) is 0 Å². The molecule has 0 aromatic heterocycles. The Kier molecular flexibility index (Phi) is 8.69. The van der Waals surface area contributed by atoms with Crippen molar-refractivity contribution in [1.82, 2.24) is 4.72 Å². The smallest absolute Gasteiger partial charge is 0.211 e. The number of sulfonamides is 1. The molecule has 0 aliphatic rings. The van der Waals surface area contributed by atoms with Crippen LogP contribution in [-0.4, -0.2) is 39.3 Å². The van der Waals surface area contributed by atoms with Gasteiger partial charge in [-0.25, -0.2) is 13.1 Å². The molecule has 0 saturated carbocycles. The summed E-state index contributed by atoms with van der Waals surface area (Å²) in [5.74, 6) is 0.606. The molecule has 0 bridgehead atoms. The van der Waals surface area contributed by atoms with Crippen LogP contribution in [0.15, 0.2) is 0 Å². The van der Waals surface area contributed by atoms with Crippen molar-refractivity contribution in [2.75, 3.05) is 30.8 Å². The predicted molar refractivity (Wildman–Crippen MR) is 65.9 cm³/mol. The summed E-state index contributed by atoms with van der Waals surface area (Å²) >= 11 is 3.22. The maximum Gasteiger partial charge on any atom is 0.211 e. The number of ether oxygens (including phenoxy) is 1. The second-order valence-corrected chi connectivity index (χ2v) is 6.42. The first-order valence-corrected chi connectivity index (χ1v) is 7.86. The summed E-state index contributed by atoms with van der Waals surface area (Å²) in [5, 5.41) is 0.771. The van der Waals surface area contributed by atoms with E-state index in [1.165, 1.54) is 0 Å². The molecule has 0 aliphatic heterocycles. The van der Waals surface area contributed by atoms with Crippen molar-refractivity contribution in [2.24, 2.45) is 5.92 Å². The van der Waals surface area contributed by atoms with Gasteiger partial charge in [0, 0.05) is 11.9 Å². The SMILES string of the molecule is CC(C)CCS(=O)(=O)NCCOCCBr. The fraction of sp³-hybridized carbons (Fsp3) is 1.00. The third-order valence-corrected chi connectivity index (χ3v) is 3.49. The van der Waals surface area contributed by atoms with Crippen LogP contribution in [0.1, 0.15) is 20.3 Å². The Morgan fingerprint density at radius 3 is 2.53 bits per heavy atom. The molecule has 0 fully saturated rings. The minimum absolute atomic E-state index is 0.198. The van der Waals surface area contributed by atoms with Crippen LogP contribution in [0.2, 0.25) is 0 Å². The van der Waals surface area contributed by atoms with Gasteiger partial charge in [-0.1, -0.05) is 29.8 Å². The van der Waals surface area contributed by atoms with Crippen molar-refractivity contribution < 1.29 is 13.2 Å². The van der Waals surface area contributed by atoms with Crippen LogP contribution in [-0.2, 0) is 14.8 Å². The lowest BCUT2D eigenvalue weighted by atomic mass is 10.2. The zero-order valence-electron chi connectivity index (χ0n) is 9.33. The molecule has 0 atom stereocenters. The van der Waals surface area contributed by atoms with Crippen molar-refractivity contribution >= 4 is 26.0 Å². The summed E-state index contributed by atoms with van der Waals surface area (Å²) in [6.07, 6.45) is 0.692. The van der Waals surface area contributed by atoms with Gasteiger partial charge in [0.15, 0.2) is 0 Å². The quantitative estimate of drug-likeness (QED) is 0.517. The Hall–Kier alpha value is 0.350. The molecule has 6 heteroatoms. The zero-order valence-corrected chi connectivity index (χ0v) is 11.7. The molecule has 1 N–H and O–H groups in total. The lowest BCUT2D eigenvalue weighted by molar-refractivity contribution is 0.156. The Labute approximate surface area is 101 Å². The molecule has 15 heavy (non-hydrogen) atoms. The van der Waals surface area contributed by atoms with Gasteiger partial charge in [0.05, 0.1) is 19.0 Å². The molecule has 0 aromatic rings. The van der Waals surface area contributed by atoms with Gasteiger partial charge in [-0.15, -0.1) is 0 Å². The van der Waals surface area contributed by atoms with E-state index in [1.807, 2.05) is 13.8 Å². The summed E-state index contributed by atoms with van der Waals surface area (Å²) in [6, 6.07) is 0. The minimum atomic E-state index is -3.11. The van der Waals surface area contributed by atoms with Crippen molar-refractivity contribution in [3.63, 3.8) is 0 Å². The van der Waals surface area contributed by atoms with E-state index in [4.69, 9.17) is 4.74 Å². The van der Waals surface area contributed by atoms with Gasteiger partial charge < -0.3 is 4.74 Å². The van der Waals surface area contributed by atoms with Gasteiger partial charge in [-0.05, 0) is 12.3 Å². The van der Waals surface area contributed by atoms with Gasteiger partial charge >= 0.3 is 0 Å². The Morgan fingerprint density at radius 1 is 1.33 bits per heavy atom. The van der Waals surface area contributed by atoms with Crippen molar-refractivity contribution in [3.8, 4) is 0 Å². The molecule has 0 saturated heterocycles. The van der Waals surface area contributed by atoms with E-state index >= 15 is 0 Å². The third-order valence-electron chi connectivity index (χ3n) is 1.75. The van der Waals surface area contributed by atoms with E-state index in [0.717, 1.165) is 5.33 Å². The van der Waals surface area contributed by atoms with Crippen LogP contribution in [0.3, 0.4) is 0 Å². The molecule has 0 aromatic carbocycles. The monoisotopic (exact) mass is 301 g/mol. The molecule has 0 aliphatic carbocycles. The summed E-state index contributed by atoms with van der Waals surface area (Å²) in [6.45, 7) is 5.40. The van der Waals surface area contributed by atoms with E-state index in [2.05, 4.69) is 20.7 Å². The molecule has 0 heterocycles. The van der Waals surface area contributed by atoms with Gasteiger partial charge in [0.1, 0.15) is 0 Å². The normalized spacial score (nSPS) is 12.3. The first-order valence-electron chi connectivity index (χ1n) is 5.09. The summed E-state index contributed by atoms with van der Waals surface area (Å²) in [5.41, 5.74) is 0. The first-order chi connectivity index (χ1) is 6.98. The lowest BCUT2D eigenvalue weighted by Gasteiger charge is -2.08. The van der Waals surface area contributed by atoms with Gasteiger partial charge in [0.2, 0.25) is 10.0 Å². The number of halogens is 1. The topological polar surface area (TPSA) is 55.4 Å². The highest BCUT2D eigenvalue weighted by molar-refractivity contribution is 9.09. The molecule has 0 unspecified atom stereocenters. The van der Waals surface area contributed by atoms with Crippen LogP contribution in [0.4, 0.5) is 0 Å². The highest BCUT2D eigenvalue weighted by Gasteiger charge is 2.09. The second kappa shape index (κ2) is 8.50. The fourth-order valence-electron chi connectivity index (χ4n) is 0.889. The van der Waals surface area contributed by atoms with Gasteiger partial charge in [-0.3, -0.25) is 0 Å². The predicted octanol–water partition coefficient (Wildman–Crippen LogP) is 1.36. The van der Waals surface area contributed by atoms with Crippen LogP contribution < -0.4 is 4.72 Å².